The van der Waals surface area contributed by atoms with Crippen molar-refractivity contribution in [3.8, 4) is 0 Å². The number of alkyl halides is 3. The lowest BCUT2D eigenvalue weighted by Gasteiger charge is -2.26. The van der Waals surface area contributed by atoms with Crippen molar-refractivity contribution in [1.82, 2.24) is 15.2 Å². The largest absolute Gasteiger partial charge is 0.416 e. The van der Waals surface area contributed by atoms with Gasteiger partial charge < -0.3 is 15.4 Å². The van der Waals surface area contributed by atoms with Crippen molar-refractivity contribution in [3.05, 3.63) is 71.3 Å². The zero-order valence-corrected chi connectivity index (χ0v) is 18.0. The van der Waals surface area contributed by atoms with Gasteiger partial charge in [-0.15, -0.1) is 0 Å². The molecule has 9 heteroatoms. The maximum absolute atomic E-state index is 13.0. The standard InChI is InChI=1S/C24H25F3N4O2/c25-24(26,27)18-5-3-4-17(14-18)16-29-23(32)20-15-22(30-21-7-2-1-6-19(20)21)28-8-9-31-10-12-33-13-11-31/h1-7,14-15H,8-13,16H2,(H,28,30)(H,29,32). The molecule has 1 amide bonds. The number of rotatable bonds is 7. The van der Waals surface area contributed by atoms with Gasteiger partial charge in [0, 0.05) is 38.1 Å². The minimum Gasteiger partial charge on any atom is -0.379 e. The molecule has 1 fully saturated rings. The summed E-state index contributed by atoms with van der Waals surface area (Å²) in [5, 5.41) is 6.69. The highest BCUT2D eigenvalue weighted by atomic mass is 19.4. The first-order valence-electron chi connectivity index (χ1n) is 10.8. The Morgan fingerprint density at radius 2 is 1.85 bits per heavy atom. The molecule has 4 rings (SSSR count). The number of amides is 1. The summed E-state index contributed by atoms with van der Waals surface area (Å²) in [7, 11) is 0. The van der Waals surface area contributed by atoms with Crippen LogP contribution in [-0.4, -0.2) is 55.2 Å². The third-order valence-corrected chi connectivity index (χ3v) is 5.51. The molecular weight excluding hydrogens is 433 g/mol. The molecule has 0 spiro atoms. The van der Waals surface area contributed by atoms with Gasteiger partial charge in [0.15, 0.2) is 0 Å². The van der Waals surface area contributed by atoms with Crippen LogP contribution in [0.2, 0.25) is 0 Å². The summed E-state index contributed by atoms with van der Waals surface area (Å²) in [6.07, 6.45) is -4.43. The fourth-order valence-corrected chi connectivity index (χ4v) is 3.76. The number of ether oxygens (including phenoxy) is 1. The Morgan fingerprint density at radius 1 is 1.06 bits per heavy atom. The van der Waals surface area contributed by atoms with Crippen LogP contribution in [-0.2, 0) is 17.5 Å². The Hall–Kier alpha value is -3.17. The third-order valence-electron chi connectivity index (χ3n) is 5.51. The maximum atomic E-state index is 13.0. The van der Waals surface area contributed by atoms with Gasteiger partial charge in [0.25, 0.3) is 5.91 Å². The van der Waals surface area contributed by atoms with Crippen LogP contribution in [0.3, 0.4) is 0 Å². The number of morpholine rings is 1. The van der Waals surface area contributed by atoms with Crippen LogP contribution < -0.4 is 10.6 Å². The molecule has 6 nitrogen and oxygen atoms in total. The molecule has 1 saturated heterocycles. The average molecular weight is 458 g/mol. The summed E-state index contributed by atoms with van der Waals surface area (Å²) in [6.45, 7) is 4.70. The number of halogens is 3. The molecule has 0 atom stereocenters. The van der Waals surface area contributed by atoms with E-state index in [4.69, 9.17) is 4.74 Å². The van der Waals surface area contributed by atoms with E-state index in [9.17, 15) is 18.0 Å². The predicted octanol–water partition coefficient (Wildman–Crippen LogP) is 3.93. The lowest BCUT2D eigenvalue weighted by molar-refractivity contribution is -0.137. The van der Waals surface area contributed by atoms with Crippen molar-refractivity contribution < 1.29 is 22.7 Å². The second-order valence-electron chi connectivity index (χ2n) is 7.83. The van der Waals surface area contributed by atoms with Gasteiger partial charge >= 0.3 is 6.18 Å². The number of hydrogen-bond acceptors (Lipinski definition) is 5. The molecular formula is C24H25F3N4O2. The molecule has 0 aliphatic carbocycles. The van der Waals surface area contributed by atoms with E-state index >= 15 is 0 Å². The zero-order valence-electron chi connectivity index (χ0n) is 18.0. The lowest BCUT2D eigenvalue weighted by atomic mass is 10.1. The molecule has 2 heterocycles. The number of carbonyl (C=O) groups excluding carboxylic acids is 1. The minimum atomic E-state index is -4.43. The van der Waals surface area contributed by atoms with Crippen LogP contribution in [0.5, 0.6) is 0 Å². The van der Waals surface area contributed by atoms with E-state index in [1.54, 1.807) is 18.2 Å². The van der Waals surface area contributed by atoms with Crippen LogP contribution in [0.15, 0.2) is 54.6 Å². The van der Waals surface area contributed by atoms with Crippen LogP contribution in [0, 0.1) is 0 Å². The van der Waals surface area contributed by atoms with Crippen molar-refractivity contribution >= 4 is 22.6 Å². The smallest absolute Gasteiger partial charge is 0.379 e. The third kappa shape index (κ3) is 6.00. The van der Waals surface area contributed by atoms with E-state index in [0.717, 1.165) is 45.0 Å². The number of fused-ring (bicyclic) bond motifs is 1. The highest BCUT2D eigenvalue weighted by Gasteiger charge is 2.30. The Labute approximate surface area is 189 Å². The van der Waals surface area contributed by atoms with Crippen molar-refractivity contribution in [2.45, 2.75) is 12.7 Å². The molecule has 33 heavy (non-hydrogen) atoms. The molecule has 2 aromatic carbocycles. The van der Waals surface area contributed by atoms with Gasteiger partial charge in [-0.25, -0.2) is 4.98 Å². The summed E-state index contributed by atoms with van der Waals surface area (Å²) in [5.41, 5.74) is 0.718. The van der Waals surface area contributed by atoms with E-state index < -0.39 is 11.7 Å². The van der Waals surface area contributed by atoms with E-state index in [0.29, 0.717) is 34.4 Å². The molecule has 0 radical (unpaired) electrons. The molecule has 0 saturated carbocycles. The van der Waals surface area contributed by atoms with Gasteiger partial charge in [0.05, 0.1) is 29.9 Å². The van der Waals surface area contributed by atoms with Gasteiger partial charge in [0.2, 0.25) is 0 Å². The highest BCUT2D eigenvalue weighted by Crippen LogP contribution is 2.29. The number of carbonyl (C=O) groups is 1. The number of benzene rings is 2. The molecule has 1 aliphatic heterocycles. The van der Waals surface area contributed by atoms with Crippen LogP contribution in [0.25, 0.3) is 10.9 Å². The summed E-state index contributed by atoms with van der Waals surface area (Å²) < 4.78 is 44.2. The van der Waals surface area contributed by atoms with Gasteiger partial charge in [0.1, 0.15) is 5.82 Å². The Bertz CT molecular complexity index is 1110. The van der Waals surface area contributed by atoms with Crippen molar-refractivity contribution in [3.63, 3.8) is 0 Å². The zero-order chi connectivity index (χ0) is 23.3. The van der Waals surface area contributed by atoms with Gasteiger partial charge in [-0.1, -0.05) is 30.3 Å². The first-order valence-corrected chi connectivity index (χ1v) is 10.8. The summed E-state index contributed by atoms with van der Waals surface area (Å²) in [6, 6.07) is 13.9. The highest BCUT2D eigenvalue weighted by molar-refractivity contribution is 6.06. The summed E-state index contributed by atoms with van der Waals surface area (Å²) >= 11 is 0. The fourth-order valence-electron chi connectivity index (χ4n) is 3.76. The monoisotopic (exact) mass is 458 g/mol. The lowest BCUT2D eigenvalue weighted by Crippen LogP contribution is -2.39. The van der Waals surface area contributed by atoms with E-state index in [-0.39, 0.29) is 12.5 Å². The average Bonchev–Trinajstić information content (AvgIpc) is 2.82. The molecule has 1 aromatic heterocycles. The predicted molar refractivity (Wildman–Crippen MR) is 120 cm³/mol. The molecule has 174 valence electrons. The van der Waals surface area contributed by atoms with Crippen LogP contribution >= 0.6 is 0 Å². The van der Waals surface area contributed by atoms with E-state index in [2.05, 4.69) is 20.5 Å². The van der Waals surface area contributed by atoms with E-state index in [1.807, 2.05) is 18.2 Å². The van der Waals surface area contributed by atoms with Crippen LogP contribution in [0.4, 0.5) is 19.0 Å². The number of aromatic nitrogens is 1. The first-order chi connectivity index (χ1) is 15.9. The van der Waals surface area contributed by atoms with Crippen LogP contribution in [0.1, 0.15) is 21.5 Å². The topological polar surface area (TPSA) is 66.5 Å². The number of hydrogen-bond donors (Lipinski definition) is 2. The summed E-state index contributed by atoms with van der Waals surface area (Å²) in [4.78, 5) is 19.9. The number of pyridine rings is 1. The van der Waals surface area contributed by atoms with Gasteiger partial charge in [-0.2, -0.15) is 13.2 Å². The van der Waals surface area contributed by atoms with Gasteiger partial charge in [-0.05, 0) is 29.8 Å². The molecule has 0 bridgehead atoms. The maximum Gasteiger partial charge on any atom is 0.416 e. The molecule has 1 aliphatic rings. The number of nitrogens with one attached hydrogen (secondary N) is 2. The Kier molecular flexibility index (Phi) is 7.10. The number of nitrogens with zero attached hydrogens (tertiary/aromatic N) is 2. The van der Waals surface area contributed by atoms with Crippen molar-refractivity contribution in [2.75, 3.05) is 44.7 Å². The molecule has 3 aromatic rings. The summed E-state index contributed by atoms with van der Waals surface area (Å²) in [5.74, 6) is 0.202. The molecule has 0 unspecified atom stereocenters. The minimum absolute atomic E-state index is 0.0147. The molecule has 2 N–H and O–H groups in total. The van der Waals surface area contributed by atoms with Crippen molar-refractivity contribution in [1.29, 1.82) is 0 Å². The Morgan fingerprint density at radius 3 is 2.64 bits per heavy atom. The van der Waals surface area contributed by atoms with Gasteiger partial charge in [-0.3, -0.25) is 9.69 Å². The van der Waals surface area contributed by atoms with E-state index in [1.165, 1.54) is 6.07 Å². The second-order valence-corrected chi connectivity index (χ2v) is 7.83. The fraction of sp³-hybridized carbons (Fsp3) is 0.333. The van der Waals surface area contributed by atoms with Crippen molar-refractivity contribution in [2.24, 2.45) is 0 Å². The second kappa shape index (κ2) is 10.2. The Balaban J connectivity index is 1.47. The normalized spacial score (nSPS) is 14.9. The SMILES string of the molecule is O=C(NCc1cccc(C(F)(F)F)c1)c1cc(NCCN2CCOCC2)nc2ccccc12. The number of anilines is 1. The quantitative estimate of drug-likeness (QED) is 0.562. The first kappa shape index (κ1) is 23.0. The number of para-hydroxylation sites is 1.